The van der Waals surface area contributed by atoms with Crippen LogP contribution >= 0.6 is 0 Å². The van der Waals surface area contributed by atoms with Gasteiger partial charge in [0.05, 0.1) is 7.11 Å². The summed E-state index contributed by atoms with van der Waals surface area (Å²) in [5.74, 6) is 0.422. The molecule has 0 saturated heterocycles. The monoisotopic (exact) mass is 282 g/mol. The van der Waals surface area contributed by atoms with Gasteiger partial charge in [0.2, 0.25) is 0 Å². The summed E-state index contributed by atoms with van der Waals surface area (Å²) in [4.78, 5) is 11.3. The summed E-state index contributed by atoms with van der Waals surface area (Å²) in [6.45, 7) is 4.25. The van der Waals surface area contributed by atoms with Crippen LogP contribution in [-0.4, -0.2) is 13.1 Å². The van der Waals surface area contributed by atoms with Crippen molar-refractivity contribution in [3.63, 3.8) is 0 Å². The van der Waals surface area contributed by atoms with Crippen molar-refractivity contribution in [2.45, 2.75) is 13.0 Å². The van der Waals surface area contributed by atoms with Gasteiger partial charge in [-0.1, -0.05) is 49.0 Å². The van der Waals surface area contributed by atoms with Crippen molar-refractivity contribution in [2.75, 3.05) is 7.11 Å². The first-order chi connectivity index (χ1) is 10.2. The van der Waals surface area contributed by atoms with E-state index in [1.165, 1.54) is 7.11 Å². The lowest BCUT2D eigenvalue weighted by atomic mass is 10.1. The molecule has 0 amide bonds. The lowest BCUT2D eigenvalue weighted by molar-refractivity contribution is -0.136. The molecule has 0 saturated carbocycles. The highest BCUT2D eigenvalue weighted by Gasteiger charge is 2.07. The van der Waals surface area contributed by atoms with Crippen molar-refractivity contribution in [3.05, 3.63) is 77.9 Å². The van der Waals surface area contributed by atoms with Gasteiger partial charge in [0, 0.05) is 12.0 Å². The van der Waals surface area contributed by atoms with Crippen LogP contribution in [0.3, 0.4) is 0 Å². The molecule has 0 atom stereocenters. The van der Waals surface area contributed by atoms with Crippen molar-refractivity contribution >= 4 is 5.97 Å². The topological polar surface area (TPSA) is 35.5 Å². The van der Waals surface area contributed by atoms with Crippen LogP contribution in [0.25, 0.3) is 0 Å². The molecule has 108 valence electrons. The molecule has 21 heavy (non-hydrogen) atoms. The molecule has 0 unspecified atom stereocenters. The maximum Gasteiger partial charge on any atom is 0.333 e. The van der Waals surface area contributed by atoms with Crippen LogP contribution < -0.4 is 4.74 Å². The average Bonchev–Trinajstić information content (AvgIpc) is 2.54. The molecule has 2 aromatic rings. The molecular weight excluding hydrogens is 264 g/mol. The minimum Gasteiger partial charge on any atom is -0.489 e. The molecule has 0 aliphatic heterocycles. The molecule has 2 rings (SSSR count). The summed E-state index contributed by atoms with van der Waals surface area (Å²) in [5.41, 5.74) is 2.56. The molecule has 0 heterocycles. The zero-order chi connectivity index (χ0) is 15.1. The largest absolute Gasteiger partial charge is 0.489 e. The highest BCUT2D eigenvalue weighted by atomic mass is 16.5. The molecule has 2 aromatic carbocycles. The van der Waals surface area contributed by atoms with E-state index in [0.29, 0.717) is 18.6 Å². The molecule has 3 nitrogen and oxygen atoms in total. The smallest absolute Gasteiger partial charge is 0.333 e. The quantitative estimate of drug-likeness (QED) is 0.600. The zero-order valence-corrected chi connectivity index (χ0v) is 12.0. The second kappa shape index (κ2) is 7.29. The van der Waals surface area contributed by atoms with Gasteiger partial charge in [-0.15, -0.1) is 0 Å². The number of benzene rings is 2. The predicted molar refractivity (Wildman–Crippen MR) is 82.1 cm³/mol. The van der Waals surface area contributed by atoms with E-state index in [2.05, 4.69) is 11.3 Å². The maximum atomic E-state index is 11.3. The number of carbonyl (C=O) groups is 1. The van der Waals surface area contributed by atoms with Crippen LogP contribution in [0.2, 0.25) is 0 Å². The number of ether oxygens (including phenoxy) is 2. The Kier molecular flexibility index (Phi) is 5.16. The Morgan fingerprint density at radius 3 is 2.29 bits per heavy atom. The van der Waals surface area contributed by atoms with Crippen LogP contribution in [0.1, 0.15) is 11.1 Å². The van der Waals surface area contributed by atoms with Gasteiger partial charge in [0.25, 0.3) is 0 Å². The van der Waals surface area contributed by atoms with Crippen molar-refractivity contribution in [1.82, 2.24) is 0 Å². The molecule has 0 bridgehead atoms. The third-order valence-electron chi connectivity index (χ3n) is 3.06. The van der Waals surface area contributed by atoms with Crippen LogP contribution in [0.4, 0.5) is 0 Å². The molecule has 0 aliphatic carbocycles. The Hall–Kier alpha value is -2.55. The maximum absolute atomic E-state index is 11.3. The highest BCUT2D eigenvalue weighted by molar-refractivity contribution is 5.88. The van der Waals surface area contributed by atoms with Crippen molar-refractivity contribution in [2.24, 2.45) is 0 Å². The Labute approximate surface area is 124 Å². The summed E-state index contributed by atoms with van der Waals surface area (Å²) in [6, 6.07) is 17.6. The average molecular weight is 282 g/mol. The van der Waals surface area contributed by atoms with Gasteiger partial charge in [0.1, 0.15) is 12.4 Å². The normalized spacial score (nSPS) is 9.95. The van der Waals surface area contributed by atoms with Crippen molar-refractivity contribution < 1.29 is 14.3 Å². The standard InChI is InChI=1S/C18H18O3/c1-14(18(19)20-2)12-15-8-10-17(11-9-15)21-13-16-6-4-3-5-7-16/h3-11H,1,12-13H2,2H3. The van der Waals surface area contributed by atoms with Crippen LogP contribution in [0.15, 0.2) is 66.7 Å². The van der Waals surface area contributed by atoms with Crippen LogP contribution in [0, 0.1) is 0 Å². The molecular formula is C18H18O3. The van der Waals surface area contributed by atoms with Crippen molar-refractivity contribution in [3.8, 4) is 5.75 Å². The van der Waals surface area contributed by atoms with Gasteiger partial charge < -0.3 is 9.47 Å². The summed E-state index contributed by atoms with van der Waals surface area (Å²) >= 11 is 0. The van der Waals surface area contributed by atoms with Crippen LogP contribution in [-0.2, 0) is 22.6 Å². The van der Waals surface area contributed by atoms with Gasteiger partial charge >= 0.3 is 5.97 Å². The van der Waals surface area contributed by atoms with Crippen LogP contribution in [0.5, 0.6) is 5.75 Å². The Balaban J connectivity index is 1.90. The van der Waals surface area contributed by atoms with E-state index in [9.17, 15) is 4.79 Å². The number of esters is 1. The van der Waals surface area contributed by atoms with Gasteiger partial charge in [0.15, 0.2) is 0 Å². The summed E-state index contributed by atoms with van der Waals surface area (Å²) in [7, 11) is 1.36. The van der Waals surface area contributed by atoms with E-state index in [-0.39, 0.29) is 5.97 Å². The van der Waals surface area contributed by atoms with E-state index >= 15 is 0 Å². The molecule has 0 aromatic heterocycles. The first kappa shape index (κ1) is 14.9. The molecule has 0 aliphatic rings. The molecule has 0 N–H and O–H groups in total. The number of hydrogen-bond donors (Lipinski definition) is 0. The summed E-state index contributed by atoms with van der Waals surface area (Å²) in [5, 5.41) is 0. The van der Waals surface area contributed by atoms with E-state index in [0.717, 1.165) is 16.9 Å². The van der Waals surface area contributed by atoms with Gasteiger partial charge in [-0.2, -0.15) is 0 Å². The second-order valence-corrected chi connectivity index (χ2v) is 4.69. The summed E-state index contributed by atoms with van der Waals surface area (Å²) in [6.07, 6.45) is 0.478. The minimum atomic E-state index is -0.376. The fourth-order valence-corrected chi connectivity index (χ4v) is 1.91. The highest BCUT2D eigenvalue weighted by Crippen LogP contribution is 2.16. The lowest BCUT2D eigenvalue weighted by Gasteiger charge is -2.08. The zero-order valence-electron chi connectivity index (χ0n) is 12.0. The summed E-state index contributed by atoms with van der Waals surface area (Å²) < 4.78 is 10.3. The van der Waals surface area contributed by atoms with Crippen molar-refractivity contribution in [1.29, 1.82) is 0 Å². The second-order valence-electron chi connectivity index (χ2n) is 4.69. The lowest BCUT2D eigenvalue weighted by Crippen LogP contribution is -2.06. The van der Waals surface area contributed by atoms with Gasteiger partial charge in [-0.3, -0.25) is 0 Å². The Morgan fingerprint density at radius 2 is 1.67 bits per heavy atom. The van der Waals surface area contributed by atoms with E-state index in [4.69, 9.17) is 4.74 Å². The van der Waals surface area contributed by atoms with E-state index < -0.39 is 0 Å². The number of rotatable bonds is 6. The first-order valence-corrected chi connectivity index (χ1v) is 6.71. The fraction of sp³-hybridized carbons (Fsp3) is 0.167. The third-order valence-corrected chi connectivity index (χ3v) is 3.06. The number of carbonyl (C=O) groups excluding carboxylic acids is 1. The van der Waals surface area contributed by atoms with E-state index in [1.54, 1.807) is 0 Å². The Bertz CT molecular complexity index is 600. The fourth-order valence-electron chi connectivity index (χ4n) is 1.91. The van der Waals surface area contributed by atoms with E-state index in [1.807, 2.05) is 54.6 Å². The first-order valence-electron chi connectivity index (χ1n) is 6.71. The molecule has 0 radical (unpaired) electrons. The minimum absolute atomic E-state index is 0.376. The molecule has 0 spiro atoms. The number of methoxy groups -OCH3 is 1. The Morgan fingerprint density at radius 1 is 1.00 bits per heavy atom. The van der Waals surface area contributed by atoms with Gasteiger partial charge in [-0.05, 0) is 23.3 Å². The van der Waals surface area contributed by atoms with Gasteiger partial charge in [-0.25, -0.2) is 4.79 Å². The SMILES string of the molecule is C=C(Cc1ccc(OCc2ccccc2)cc1)C(=O)OC. The number of hydrogen-bond acceptors (Lipinski definition) is 3. The molecule has 0 fully saturated rings. The third kappa shape index (κ3) is 4.49. The molecule has 3 heteroatoms. The predicted octanol–water partition coefficient (Wildman–Crippen LogP) is 3.54.